The van der Waals surface area contributed by atoms with Crippen molar-refractivity contribution in [2.45, 2.75) is 44.7 Å². The zero-order valence-electron chi connectivity index (χ0n) is 14.8. The highest BCUT2D eigenvalue weighted by Gasteiger charge is 2.28. The summed E-state index contributed by atoms with van der Waals surface area (Å²) in [5.74, 6) is -0.488. The van der Waals surface area contributed by atoms with E-state index in [2.05, 4.69) is 15.4 Å². The van der Waals surface area contributed by atoms with Gasteiger partial charge in [0.1, 0.15) is 6.04 Å². The highest BCUT2D eigenvalue weighted by Crippen LogP contribution is 2.13. The van der Waals surface area contributed by atoms with Gasteiger partial charge in [0, 0.05) is 12.6 Å². The molecular weight excluding hydrogens is 350 g/mol. The van der Waals surface area contributed by atoms with E-state index in [-0.39, 0.29) is 35.2 Å². The first kappa shape index (κ1) is 22.9. The van der Waals surface area contributed by atoms with Crippen LogP contribution in [-0.4, -0.2) is 40.0 Å². The average molecular weight is 378 g/mol. The molecule has 0 bridgehead atoms. The summed E-state index contributed by atoms with van der Waals surface area (Å²) in [4.78, 5) is 12.5. The number of benzene rings is 1. The van der Waals surface area contributed by atoms with Gasteiger partial charge < -0.3 is 10.6 Å². The summed E-state index contributed by atoms with van der Waals surface area (Å²) in [6.45, 7) is 7.87. The molecular formula is C16H28ClN3O3S. The van der Waals surface area contributed by atoms with Gasteiger partial charge in [-0.3, -0.25) is 4.79 Å². The van der Waals surface area contributed by atoms with Crippen LogP contribution in [0.2, 0.25) is 0 Å². The molecule has 1 rings (SSSR count). The number of nitrogens with one attached hydrogen (secondary N) is 3. The number of amides is 1. The summed E-state index contributed by atoms with van der Waals surface area (Å²) >= 11 is 0. The number of carbonyl (C=O) groups excluding carboxylic acids is 1. The zero-order chi connectivity index (χ0) is 17.6. The lowest BCUT2D eigenvalue weighted by Gasteiger charge is -2.22. The van der Waals surface area contributed by atoms with E-state index < -0.39 is 16.1 Å². The maximum absolute atomic E-state index is 12.5. The Morgan fingerprint density at radius 2 is 1.67 bits per heavy atom. The molecule has 8 heteroatoms. The second-order valence-electron chi connectivity index (χ2n) is 6.09. The van der Waals surface area contributed by atoms with Crippen LogP contribution in [0.15, 0.2) is 29.2 Å². The Morgan fingerprint density at radius 3 is 2.12 bits per heavy atom. The number of halogens is 1. The largest absolute Gasteiger partial charge is 0.353 e. The monoisotopic (exact) mass is 377 g/mol. The molecule has 0 heterocycles. The average Bonchev–Trinajstić information content (AvgIpc) is 2.50. The molecule has 0 aliphatic heterocycles. The van der Waals surface area contributed by atoms with Crippen LogP contribution in [-0.2, 0) is 14.8 Å². The van der Waals surface area contributed by atoms with Crippen molar-refractivity contribution >= 4 is 28.3 Å². The van der Waals surface area contributed by atoms with Gasteiger partial charge >= 0.3 is 0 Å². The third-order valence-corrected chi connectivity index (χ3v) is 5.09. The van der Waals surface area contributed by atoms with E-state index >= 15 is 0 Å². The van der Waals surface area contributed by atoms with Crippen molar-refractivity contribution in [1.82, 2.24) is 15.4 Å². The minimum atomic E-state index is -3.74. The number of aryl methyl sites for hydroxylation is 1. The van der Waals surface area contributed by atoms with E-state index in [1.807, 2.05) is 27.7 Å². The lowest BCUT2D eigenvalue weighted by atomic mass is 10.1. The highest BCUT2D eigenvalue weighted by molar-refractivity contribution is 7.89. The number of sulfonamides is 1. The van der Waals surface area contributed by atoms with Crippen LogP contribution in [0, 0.1) is 12.8 Å². The molecule has 3 N–H and O–H groups in total. The molecule has 24 heavy (non-hydrogen) atoms. The van der Waals surface area contributed by atoms with E-state index in [0.29, 0.717) is 6.54 Å². The van der Waals surface area contributed by atoms with E-state index in [1.54, 1.807) is 19.2 Å². The van der Waals surface area contributed by atoms with Crippen molar-refractivity contribution < 1.29 is 13.2 Å². The number of carbonyl (C=O) groups is 1. The molecule has 0 aliphatic rings. The molecule has 2 atom stereocenters. The maximum Gasteiger partial charge on any atom is 0.241 e. The molecule has 1 amide bonds. The molecule has 0 saturated heterocycles. The summed E-state index contributed by atoms with van der Waals surface area (Å²) in [6, 6.07) is 5.83. The second-order valence-corrected chi connectivity index (χ2v) is 7.80. The number of hydrogen-bond acceptors (Lipinski definition) is 4. The Morgan fingerprint density at radius 1 is 1.12 bits per heavy atom. The SMILES string of the molecule is CNC(C)CNC(=O)C(NS(=O)(=O)c1ccc(C)cc1)C(C)C.Cl. The summed E-state index contributed by atoms with van der Waals surface area (Å²) in [6.07, 6.45) is 0. The van der Waals surface area contributed by atoms with Crippen LogP contribution in [0.1, 0.15) is 26.3 Å². The molecule has 0 aliphatic carbocycles. The van der Waals surface area contributed by atoms with Gasteiger partial charge in [0.15, 0.2) is 0 Å². The Bertz CT molecular complexity index is 618. The van der Waals surface area contributed by atoms with Gasteiger partial charge in [0.05, 0.1) is 4.90 Å². The topological polar surface area (TPSA) is 87.3 Å². The van der Waals surface area contributed by atoms with Crippen molar-refractivity contribution in [3.05, 3.63) is 29.8 Å². The predicted molar refractivity (Wildman–Crippen MR) is 98.9 cm³/mol. The summed E-state index contributed by atoms with van der Waals surface area (Å²) in [7, 11) is -1.93. The fourth-order valence-corrected chi connectivity index (χ4v) is 3.25. The number of rotatable bonds is 8. The molecule has 0 spiro atoms. The summed E-state index contributed by atoms with van der Waals surface area (Å²) in [5.41, 5.74) is 0.975. The van der Waals surface area contributed by atoms with Crippen molar-refractivity contribution in [1.29, 1.82) is 0 Å². The summed E-state index contributed by atoms with van der Waals surface area (Å²) < 4.78 is 27.4. The Labute approximate surface area is 151 Å². The van der Waals surface area contributed by atoms with Crippen LogP contribution in [0.3, 0.4) is 0 Å². The first-order valence-corrected chi connectivity index (χ1v) is 9.19. The maximum atomic E-state index is 12.5. The third-order valence-electron chi connectivity index (χ3n) is 3.64. The molecule has 1 aromatic carbocycles. The smallest absolute Gasteiger partial charge is 0.241 e. The van der Waals surface area contributed by atoms with Gasteiger partial charge in [-0.25, -0.2) is 8.42 Å². The minimum Gasteiger partial charge on any atom is -0.353 e. The molecule has 0 radical (unpaired) electrons. The molecule has 0 fully saturated rings. The Kier molecular flexibility index (Phi) is 9.50. The van der Waals surface area contributed by atoms with E-state index in [9.17, 15) is 13.2 Å². The molecule has 2 unspecified atom stereocenters. The number of hydrogen-bond donors (Lipinski definition) is 3. The second kappa shape index (κ2) is 9.98. The fraction of sp³-hybridized carbons (Fsp3) is 0.562. The Balaban J connectivity index is 0.00000529. The van der Waals surface area contributed by atoms with Crippen LogP contribution in [0.4, 0.5) is 0 Å². The van der Waals surface area contributed by atoms with Gasteiger partial charge in [-0.05, 0) is 38.9 Å². The third kappa shape index (κ3) is 6.76. The van der Waals surface area contributed by atoms with Crippen LogP contribution >= 0.6 is 12.4 Å². The Hall–Kier alpha value is -1.15. The van der Waals surface area contributed by atoms with Gasteiger partial charge in [-0.15, -0.1) is 12.4 Å². The van der Waals surface area contributed by atoms with Crippen molar-refractivity contribution in [3.63, 3.8) is 0 Å². The van der Waals surface area contributed by atoms with Crippen molar-refractivity contribution in [3.8, 4) is 0 Å². The van der Waals surface area contributed by atoms with Crippen LogP contribution in [0.25, 0.3) is 0 Å². The molecule has 6 nitrogen and oxygen atoms in total. The standard InChI is InChI=1S/C16H27N3O3S.ClH/c1-11(2)15(16(20)18-10-13(4)17-5)19-23(21,22)14-8-6-12(3)7-9-14;/h6-9,11,13,15,17,19H,10H2,1-5H3,(H,18,20);1H. The van der Waals surface area contributed by atoms with Crippen molar-refractivity contribution in [2.24, 2.45) is 5.92 Å². The molecule has 0 saturated carbocycles. The van der Waals surface area contributed by atoms with Gasteiger partial charge in [0.25, 0.3) is 0 Å². The summed E-state index contributed by atoms with van der Waals surface area (Å²) in [5, 5.41) is 5.78. The molecule has 0 aromatic heterocycles. The van der Waals surface area contributed by atoms with Crippen LogP contribution < -0.4 is 15.4 Å². The van der Waals surface area contributed by atoms with E-state index in [1.165, 1.54) is 12.1 Å². The van der Waals surface area contributed by atoms with Crippen molar-refractivity contribution in [2.75, 3.05) is 13.6 Å². The van der Waals surface area contributed by atoms with E-state index in [0.717, 1.165) is 5.56 Å². The highest BCUT2D eigenvalue weighted by atomic mass is 35.5. The first-order chi connectivity index (χ1) is 10.7. The van der Waals surface area contributed by atoms with Gasteiger partial charge in [-0.1, -0.05) is 31.5 Å². The molecule has 138 valence electrons. The molecule has 1 aromatic rings. The van der Waals surface area contributed by atoms with Gasteiger partial charge in [0.2, 0.25) is 15.9 Å². The van der Waals surface area contributed by atoms with E-state index in [4.69, 9.17) is 0 Å². The number of likely N-dealkylation sites (N-methyl/N-ethyl adjacent to an activating group) is 1. The normalized spacial score (nSPS) is 13.9. The minimum absolute atomic E-state index is 0. The predicted octanol–water partition coefficient (Wildman–Crippen LogP) is 1.44. The first-order valence-electron chi connectivity index (χ1n) is 7.71. The van der Waals surface area contributed by atoms with Crippen LogP contribution in [0.5, 0.6) is 0 Å². The quantitative estimate of drug-likeness (QED) is 0.639. The lowest BCUT2D eigenvalue weighted by molar-refractivity contribution is -0.123. The lowest BCUT2D eigenvalue weighted by Crippen LogP contribution is -2.51. The van der Waals surface area contributed by atoms with Gasteiger partial charge in [-0.2, -0.15) is 4.72 Å². The zero-order valence-corrected chi connectivity index (χ0v) is 16.4. The fourth-order valence-electron chi connectivity index (χ4n) is 1.91.